The number of carboxylic acids is 1. The van der Waals surface area contributed by atoms with Gasteiger partial charge in [0.05, 0.1) is 25.0 Å². The van der Waals surface area contributed by atoms with Crippen LogP contribution in [-0.2, 0) is 14.8 Å². The summed E-state index contributed by atoms with van der Waals surface area (Å²) in [6.07, 6.45) is 0.634. The number of rotatable bonds is 12. The van der Waals surface area contributed by atoms with Crippen LogP contribution in [0.25, 0.3) is 0 Å². The third-order valence-corrected chi connectivity index (χ3v) is 9.89. The minimum atomic E-state index is -3.79. The normalized spacial score (nSPS) is 20.1. The van der Waals surface area contributed by atoms with Crippen LogP contribution in [-0.4, -0.2) is 75.9 Å². The topological polar surface area (TPSA) is 115 Å². The summed E-state index contributed by atoms with van der Waals surface area (Å²) in [5, 5.41) is 10.5. The van der Waals surface area contributed by atoms with Gasteiger partial charge in [0.15, 0.2) is 11.5 Å². The summed E-state index contributed by atoms with van der Waals surface area (Å²) in [4.78, 5) is 15.2. The number of carboxylic acid groups (broad SMARTS) is 1. The van der Waals surface area contributed by atoms with Crippen LogP contribution in [0.3, 0.4) is 0 Å². The predicted molar refractivity (Wildman–Crippen MR) is 156 cm³/mol. The highest BCUT2D eigenvalue weighted by Gasteiger charge is 2.47. The average molecular weight is 597 g/mol. The Kier molecular flexibility index (Phi) is 8.91. The summed E-state index contributed by atoms with van der Waals surface area (Å²) < 4.78 is 50.3. The molecule has 1 saturated heterocycles. The summed E-state index contributed by atoms with van der Waals surface area (Å²) in [5.41, 5.74) is 1.66. The molecule has 3 atom stereocenters. The minimum absolute atomic E-state index is 0.127. The van der Waals surface area contributed by atoms with E-state index < -0.39 is 28.0 Å². The Morgan fingerprint density at radius 1 is 0.929 bits per heavy atom. The standard InChI is InChI=1S/C31H36N2O8S/c1-4-15-33(42(36,37)25-12-10-24(39-3)11-13-25)17-16-32-19-26(22-7-14-27-28(18-22)41-20-40-27)29(31(34)35)30(32)21-5-8-23(38-2)9-6-21/h5-14,18,26,29-30H,4,15-17,19-20H2,1-3H3,(H,34,35)/t26-,29-,30+/m1/s1. The Balaban J connectivity index is 1.47. The van der Waals surface area contributed by atoms with E-state index in [4.69, 9.17) is 18.9 Å². The van der Waals surface area contributed by atoms with Crippen LogP contribution < -0.4 is 18.9 Å². The molecule has 1 fully saturated rings. The first-order valence-electron chi connectivity index (χ1n) is 13.9. The Labute approximate surface area is 246 Å². The molecule has 2 aliphatic heterocycles. The molecule has 11 heteroatoms. The molecule has 224 valence electrons. The molecule has 1 N–H and O–H groups in total. The zero-order chi connectivity index (χ0) is 29.9. The predicted octanol–water partition coefficient (Wildman–Crippen LogP) is 4.37. The second-order valence-corrected chi connectivity index (χ2v) is 12.3. The van der Waals surface area contributed by atoms with Crippen molar-refractivity contribution >= 4 is 16.0 Å². The molecule has 0 radical (unpaired) electrons. The fourth-order valence-electron chi connectivity index (χ4n) is 5.88. The van der Waals surface area contributed by atoms with Crippen LogP contribution in [0.15, 0.2) is 71.6 Å². The van der Waals surface area contributed by atoms with Gasteiger partial charge < -0.3 is 24.1 Å². The number of methoxy groups -OCH3 is 2. The van der Waals surface area contributed by atoms with Crippen LogP contribution in [0.4, 0.5) is 0 Å². The van der Waals surface area contributed by atoms with Crippen LogP contribution >= 0.6 is 0 Å². The molecule has 3 aromatic rings. The highest BCUT2D eigenvalue weighted by atomic mass is 32.2. The SMILES string of the molecule is CCCN(CCN1C[C@H](c2ccc3c(c2)OCO3)[C@@H](C(=O)O)[C@@H]1c1ccc(OC)cc1)S(=O)(=O)c1ccc(OC)cc1. The molecule has 0 unspecified atom stereocenters. The maximum atomic E-state index is 13.6. The largest absolute Gasteiger partial charge is 0.497 e. The van der Waals surface area contributed by atoms with Crippen LogP contribution in [0.2, 0.25) is 0 Å². The Morgan fingerprint density at radius 2 is 1.55 bits per heavy atom. The van der Waals surface area contributed by atoms with Crippen molar-refractivity contribution in [2.24, 2.45) is 5.92 Å². The Bertz CT molecular complexity index is 1490. The van der Waals surface area contributed by atoms with Crippen LogP contribution in [0, 0.1) is 5.92 Å². The summed E-state index contributed by atoms with van der Waals surface area (Å²) in [5.74, 6) is 0.407. The van der Waals surface area contributed by atoms with E-state index >= 15 is 0 Å². The summed E-state index contributed by atoms with van der Waals surface area (Å²) in [7, 11) is -0.673. The van der Waals surface area contributed by atoms with Crippen LogP contribution in [0.5, 0.6) is 23.0 Å². The first-order chi connectivity index (χ1) is 20.3. The van der Waals surface area contributed by atoms with Crippen molar-refractivity contribution in [3.63, 3.8) is 0 Å². The van der Waals surface area contributed by atoms with E-state index in [1.165, 1.54) is 11.4 Å². The van der Waals surface area contributed by atoms with E-state index in [0.717, 1.165) is 11.1 Å². The maximum Gasteiger partial charge on any atom is 0.309 e. The molecule has 10 nitrogen and oxygen atoms in total. The highest BCUT2D eigenvalue weighted by molar-refractivity contribution is 7.89. The number of benzene rings is 3. The minimum Gasteiger partial charge on any atom is -0.497 e. The summed E-state index contributed by atoms with van der Waals surface area (Å²) >= 11 is 0. The number of aliphatic carboxylic acids is 1. The van der Waals surface area contributed by atoms with Gasteiger partial charge in [-0.25, -0.2) is 8.42 Å². The molecule has 0 aromatic heterocycles. The Hall–Kier alpha value is -3.80. The fourth-order valence-corrected chi connectivity index (χ4v) is 7.40. The number of likely N-dealkylation sites (tertiary alicyclic amines) is 1. The lowest BCUT2D eigenvalue weighted by Gasteiger charge is -2.30. The van der Waals surface area contributed by atoms with Gasteiger partial charge in [0.1, 0.15) is 11.5 Å². The lowest BCUT2D eigenvalue weighted by atomic mass is 9.82. The molecule has 42 heavy (non-hydrogen) atoms. The van der Waals surface area contributed by atoms with Gasteiger partial charge in [0, 0.05) is 38.1 Å². The molecule has 5 rings (SSSR count). The number of hydrogen-bond acceptors (Lipinski definition) is 8. The Morgan fingerprint density at radius 3 is 2.17 bits per heavy atom. The zero-order valence-corrected chi connectivity index (χ0v) is 24.7. The number of nitrogens with zero attached hydrogens (tertiary/aromatic N) is 2. The molecular weight excluding hydrogens is 560 g/mol. The first kappa shape index (κ1) is 29.7. The van der Waals surface area contributed by atoms with Gasteiger partial charge in [-0.2, -0.15) is 4.31 Å². The molecule has 0 amide bonds. The number of carbonyl (C=O) groups is 1. The van der Waals surface area contributed by atoms with Crippen molar-refractivity contribution in [2.45, 2.75) is 30.2 Å². The van der Waals surface area contributed by atoms with E-state index in [0.29, 0.717) is 49.1 Å². The van der Waals surface area contributed by atoms with Crippen LogP contribution in [0.1, 0.15) is 36.4 Å². The maximum absolute atomic E-state index is 13.6. The molecule has 3 aromatic carbocycles. The quantitative estimate of drug-likeness (QED) is 0.325. The number of fused-ring (bicyclic) bond motifs is 1. The van der Waals surface area contributed by atoms with E-state index in [2.05, 4.69) is 4.90 Å². The van der Waals surface area contributed by atoms with Crippen molar-refractivity contribution in [3.05, 3.63) is 77.9 Å². The lowest BCUT2D eigenvalue weighted by molar-refractivity contribution is -0.143. The second-order valence-electron chi connectivity index (χ2n) is 10.4. The average Bonchev–Trinajstić information content (AvgIpc) is 3.64. The van der Waals surface area contributed by atoms with Gasteiger partial charge in [-0.05, 0) is 66.1 Å². The van der Waals surface area contributed by atoms with Crippen molar-refractivity contribution in [2.75, 3.05) is 47.2 Å². The van der Waals surface area contributed by atoms with Gasteiger partial charge in [-0.3, -0.25) is 9.69 Å². The van der Waals surface area contributed by atoms with Gasteiger partial charge in [0.25, 0.3) is 0 Å². The first-order valence-corrected chi connectivity index (χ1v) is 15.4. The third-order valence-electron chi connectivity index (χ3n) is 7.97. The molecule has 2 heterocycles. The summed E-state index contributed by atoms with van der Waals surface area (Å²) in [6.45, 7) is 3.37. The lowest BCUT2D eigenvalue weighted by Crippen LogP contribution is -2.39. The van der Waals surface area contributed by atoms with E-state index in [9.17, 15) is 18.3 Å². The molecule has 0 spiro atoms. The van der Waals surface area contributed by atoms with Gasteiger partial charge >= 0.3 is 5.97 Å². The van der Waals surface area contributed by atoms with E-state index in [1.807, 2.05) is 49.4 Å². The number of hydrogen-bond donors (Lipinski definition) is 1. The van der Waals surface area contributed by atoms with Crippen molar-refractivity contribution in [1.82, 2.24) is 9.21 Å². The van der Waals surface area contributed by atoms with Gasteiger partial charge in [0.2, 0.25) is 16.8 Å². The van der Waals surface area contributed by atoms with Gasteiger partial charge in [-0.1, -0.05) is 25.1 Å². The monoisotopic (exact) mass is 596 g/mol. The second kappa shape index (κ2) is 12.6. The molecule has 0 aliphatic carbocycles. The van der Waals surface area contributed by atoms with Crippen molar-refractivity contribution in [1.29, 1.82) is 0 Å². The van der Waals surface area contributed by atoms with E-state index in [-0.39, 0.29) is 24.2 Å². The smallest absolute Gasteiger partial charge is 0.309 e. The molecule has 2 aliphatic rings. The highest BCUT2D eigenvalue weighted by Crippen LogP contribution is 2.47. The molecule has 0 bridgehead atoms. The fraction of sp³-hybridized carbons (Fsp3) is 0.387. The molecule has 0 saturated carbocycles. The van der Waals surface area contributed by atoms with Crippen molar-refractivity contribution in [3.8, 4) is 23.0 Å². The van der Waals surface area contributed by atoms with Gasteiger partial charge in [-0.15, -0.1) is 0 Å². The number of sulfonamides is 1. The van der Waals surface area contributed by atoms with Crippen molar-refractivity contribution < 1.29 is 37.3 Å². The van der Waals surface area contributed by atoms with E-state index in [1.54, 1.807) is 31.4 Å². The summed E-state index contributed by atoms with van der Waals surface area (Å²) in [6, 6.07) is 18.8. The third kappa shape index (κ3) is 5.90. The molecular formula is C31H36N2O8S. The number of ether oxygens (including phenoxy) is 4. The zero-order valence-electron chi connectivity index (χ0n) is 23.9.